The second kappa shape index (κ2) is 2.58. The van der Waals surface area contributed by atoms with Crippen LogP contribution in [0.4, 0.5) is 0 Å². The zero-order chi connectivity index (χ0) is 10.7. The molecule has 2 N–H and O–H groups in total. The number of H-pyrrole nitrogens is 2. The van der Waals surface area contributed by atoms with Crippen molar-refractivity contribution in [2.75, 3.05) is 0 Å². The van der Waals surface area contributed by atoms with E-state index >= 15 is 0 Å². The summed E-state index contributed by atoms with van der Waals surface area (Å²) in [4.78, 5) is 0. The molecule has 2 aliphatic carbocycles. The third-order valence-corrected chi connectivity index (χ3v) is 3.73. The van der Waals surface area contributed by atoms with Crippen molar-refractivity contribution in [3.05, 3.63) is 23.9 Å². The Morgan fingerprint density at radius 1 is 1.38 bits per heavy atom. The van der Waals surface area contributed by atoms with Crippen molar-refractivity contribution in [1.29, 1.82) is 0 Å². The molecule has 16 heavy (non-hydrogen) atoms. The molecule has 0 amide bonds. The number of rotatable bonds is 2. The Morgan fingerprint density at radius 2 is 2.31 bits per heavy atom. The highest BCUT2D eigenvalue weighted by Gasteiger charge is 2.56. The molecular formula is C10H10N6. The van der Waals surface area contributed by atoms with Crippen molar-refractivity contribution in [3.8, 4) is 11.5 Å². The fourth-order valence-corrected chi connectivity index (χ4v) is 2.94. The van der Waals surface area contributed by atoms with Crippen molar-refractivity contribution in [1.82, 2.24) is 30.8 Å². The summed E-state index contributed by atoms with van der Waals surface area (Å²) in [5.41, 5.74) is 3.35. The van der Waals surface area contributed by atoms with Gasteiger partial charge in [-0.1, -0.05) is 6.08 Å². The zero-order valence-corrected chi connectivity index (χ0v) is 8.51. The summed E-state index contributed by atoms with van der Waals surface area (Å²) in [6, 6.07) is 0. The summed E-state index contributed by atoms with van der Waals surface area (Å²) < 4.78 is 0. The number of nitrogens with zero attached hydrogens (tertiary/aromatic N) is 4. The molecule has 0 spiro atoms. The average Bonchev–Trinajstić information content (AvgIpc) is 2.73. The number of aromatic nitrogens is 6. The number of hydrogen-bond acceptors (Lipinski definition) is 4. The number of tetrazole rings is 1. The van der Waals surface area contributed by atoms with Gasteiger partial charge >= 0.3 is 0 Å². The smallest absolute Gasteiger partial charge is 0.225 e. The van der Waals surface area contributed by atoms with E-state index in [1.54, 1.807) is 0 Å². The monoisotopic (exact) mass is 214 g/mol. The van der Waals surface area contributed by atoms with Gasteiger partial charge in [0.1, 0.15) is 5.69 Å². The number of nitrogens with one attached hydrogen (secondary N) is 2. The SMILES string of the molecule is C=C[C@H]1[C@@H]2Cc3c(-c4nn[nH]n4)n[nH]c3[C@H]12. The lowest BCUT2D eigenvalue weighted by Gasteiger charge is -1.98. The first-order valence-electron chi connectivity index (χ1n) is 5.33. The number of allylic oxidation sites excluding steroid dienone is 1. The summed E-state index contributed by atoms with van der Waals surface area (Å²) in [6.07, 6.45) is 3.10. The van der Waals surface area contributed by atoms with Crippen LogP contribution in [0.2, 0.25) is 0 Å². The molecule has 3 atom stereocenters. The number of fused-ring (bicyclic) bond motifs is 3. The van der Waals surface area contributed by atoms with Gasteiger partial charge in [-0.05, 0) is 23.5 Å². The molecule has 2 heterocycles. The van der Waals surface area contributed by atoms with Crippen LogP contribution in [0.15, 0.2) is 12.7 Å². The van der Waals surface area contributed by atoms with Crippen molar-refractivity contribution in [2.45, 2.75) is 12.3 Å². The van der Waals surface area contributed by atoms with E-state index in [1.165, 1.54) is 11.3 Å². The van der Waals surface area contributed by atoms with Crippen molar-refractivity contribution in [3.63, 3.8) is 0 Å². The number of hydrogen-bond donors (Lipinski definition) is 2. The minimum atomic E-state index is 0.578. The molecule has 0 bridgehead atoms. The summed E-state index contributed by atoms with van der Waals surface area (Å²) in [6.45, 7) is 3.86. The maximum absolute atomic E-state index is 4.28. The predicted octanol–water partition coefficient (Wildman–Crippen LogP) is 0.661. The molecule has 6 nitrogen and oxygen atoms in total. The molecule has 0 aromatic carbocycles. The van der Waals surface area contributed by atoms with E-state index in [-0.39, 0.29) is 0 Å². The minimum absolute atomic E-state index is 0.578. The fourth-order valence-electron chi connectivity index (χ4n) is 2.94. The summed E-state index contributed by atoms with van der Waals surface area (Å²) in [5.74, 6) is 2.52. The first-order chi connectivity index (χ1) is 7.90. The Hall–Kier alpha value is -1.98. The molecule has 2 aromatic rings. The minimum Gasteiger partial charge on any atom is -0.281 e. The molecular weight excluding hydrogens is 204 g/mol. The van der Waals surface area contributed by atoms with E-state index in [9.17, 15) is 0 Å². The molecule has 0 unspecified atom stereocenters. The lowest BCUT2D eigenvalue weighted by molar-refractivity contribution is 0.798. The predicted molar refractivity (Wildman–Crippen MR) is 55.4 cm³/mol. The van der Waals surface area contributed by atoms with Gasteiger partial charge in [0.15, 0.2) is 0 Å². The van der Waals surface area contributed by atoms with Crippen LogP contribution in [-0.2, 0) is 6.42 Å². The van der Waals surface area contributed by atoms with Crippen molar-refractivity contribution >= 4 is 0 Å². The normalized spacial score (nSPS) is 29.9. The van der Waals surface area contributed by atoms with Crippen LogP contribution >= 0.6 is 0 Å². The molecule has 4 rings (SSSR count). The lowest BCUT2D eigenvalue weighted by Crippen LogP contribution is -1.92. The van der Waals surface area contributed by atoms with Gasteiger partial charge in [0.25, 0.3) is 0 Å². The fraction of sp³-hybridized carbons (Fsp3) is 0.400. The first-order valence-corrected chi connectivity index (χ1v) is 5.33. The van der Waals surface area contributed by atoms with Crippen LogP contribution in [-0.4, -0.2) is 30.8 Å². The second-order valence-electron chi connectivity index (χ2n) is 4.41. The maximum atomic E-state index is 4.28. The molecule has 80 valence electrons. The quantitative estimate of drug-likeness (QED) is 0.719. The van der Waals surface area contributed by atoms with Gasteiger partial charge in [0.2, 0.25) is 5.82 Å². The highest BCUT2D eigenvalue weighted by atomic mass is 15.5. The van der Waals surface area contributed by atoms with E-state index < -0.39 is 0 Å². The largest absolute Gasteiger partial charge is 0.281 e. The first kappa shape index (κ1) is 8.20. The van der Waals surface area contributed by atoms with Crippen LogP contribution < -0.4 is 0 Å². The van der Waals surface area contributed by atoms with Gasteiger partial charge in [0.05, 0.1) is 0 Å². The highest BCUT2D eigenvalue weighted by Crippen LogP contribution is 2.62. The molecule has 0 aliphatic heterocycles. The summed E-state index contributed by atoms with van der Waals surface area (Å²) in [5, 5.41) is 21.3. The Morgan fingerprint density at radius 3 is 3.06 bits per heavy atom. The third-order valence-electron chi connectivity index (χ3n) is 3.73. The molecule has 2 aliphatic rings. The Bertz CT molecular complexity index is 554. The van der Waals surface area contributed by atoms with E-state index in [4.69, 9.17) is 0 Å². The Kier molecular flexibility index (Phi) is 1.32. The molecule has 6 heteroatoms. The zero-order valence-electron chi connectivity index (χ0n) is 8.51. The van der Waals surface area contributed by atoms with Crippen LogP contribution in [0.5, 0.6) is 0 Å². The molecule has 1 saturated carbocycles. The molecule has 1 fully saturated rings. The Labute approximate surface area is 91.1 Å². The topological polar surface area (TPSA) is 83.1 Å². The standard InChI is InChI=1S/C10H10N6/c1-2-4-5-3-6-8(7(4)5)11-12-9(6)10-13-15-16-14-10/h2,4-5,7H,1,3H2,(H,11,12)(H,13,14,15,16)/t4-,5-,7+/m0/s1. The third kappa shape index (κ3) is 0.827. The summed E-state index contributed by atoms with van der Waals surface area (Å²) in [7, 11) is 0. The van der Waals surface area contributed by atoms with Gasteiger partial charge in [0, 0.05) is 17.2 Å². The van der Waals surface area contributed by atoms with Gasteiger partial charge < -0.3 is 0 Å². The molecule has 0 radical (unpaired) electrons. The Balaban J connectivity index is 1.80. The van der Waals surface area contributed by atoms with Crippen LogP contribution in [0.1, 0.15) is 17.2 Å². The summed E-state index contributed by atoms with van der Waals surface area (Å²) >= 11 is 0. The van der Waals surface area contributed by atoms with E-state index in [2.05, 4.69) is 37.4 Å². The van der Waals surface area contributed by atoms with Crippen LogP contribution in [0.3, 0.4) is 0 Å². The van der Waals surface area contributed by atoms with Crippen molar-refractivity contribution < 1.29 is 0 Å². The van der Waals surface area contributed by atoms with Crippen molar-refractivity contribution in [2.24, 2.45) is 11.8 Å². The molecule has 0 saturated heterocycles. The lowest BCUT2D eigenvalue weighted by atomic mass is 10.1. The number of aromatic amines is 2. The highest BCUT2D eigenvalue weighted by molar-refractivity contribution is 5.60. The average molecular weight is 214 g/mol. The van der Waals surface area contributed by atoms with Gasteiger partial charge in [-0.2, -0.15) is 10.3 Å². The van der Waals surface area contributed by atoms with E-state index in [0.29, 0.717) is 23.6 Å². The van der Waals surface area contributed by atoms with Gasteiger partial charge in [-0.25, -0.2) is 0 Å². The molecule has 2 aromatic heterocycles. The van der Waals surface area contributed by atoms with Crippen LogP contribution in [0, 0.1) is 11.8 Å². The van der Waals surface area contributed by atoms with Gasteiger partial charge in [-0.15, -0.1) is 16.8 Å². The second-order valence-corrected chi connectivity index (χ2v) is 4.41. The van der Waals surface area contributed by atoms with Crippen LogP contribution in [0.25, 0.3) is 11.5 Å². The van der Waals surface area contributed by atoms with Gasteiger partial charge in [-0.3, -0.25) is 5.10 Å². The maximum Gasteiger partial charge on any atom is 0.225 e. The van der Waals surface area contributed by atoms with E-state index in [0.717, 1.165) is 12.1 Å². The van der Waals surface area contributed by atoms with E-state index in [1.807, 2.05) is 6.08 Å².